The van der Waals surface area contributed by atoms with Crippen molar-refractivity contribution in [3.63, 3.8) is 0 Å². The highest BCUT2D eigenvalue weighted by atomic mass is 16.1. The second-order valence-electron chi connectivity index (χ2n) is 4.81. The number of carbonyl (C=O) groups is 2. The van der Waals surface area contributed by atoms with Crippen LogP contribution in [0, 0.1) is 5.92 Å². The number of hydrogen-bond acceptors (Lipinski definition) is 2. The summed E-state index contributed by atoms with van der Waals surface area (Å²) in [5.74, 6) is 0.847. The Morgan fingerprint density at radius 3 is 2.25 bits per heavy atom. The summed E-state index contributed by atoms with van der Waals surface area (Å²) in [4.78, 5) is 21.9. The molecular weight excluding hydrogens is 202 g/mol. The lowest BCUT2D eigenvalue weighted by atomic mass is 10.1. The quantitative estimate of drug-likeness (QED) is 0.616. The van der Waals surface area contributed by atoms with Crippen LogP contribution in [-0.2, 0) is 9.59 Å². The fraction of sp³-hybridized carbons (Fsp3) is 0.846. The van der Waals surface area contributed by atoms with E-state index in [-0.39, 0.29) is 11.7 Å². The first-order valence-electron chi connectivity index (χ1n) is 6.28. The smallest absolute Gasteiger partial charge is 0.220 e. The van der Waals surface area contributed by atoms with Crippen LogP contribution in [0.4, 0.5) is 0 Å². The molecule has 0 aliphatic carbocycles. The van der Waals surface area contributed by atoms with Crippen LogP contribution in [0.3, 0.4) is 0 Å². The van der Waals surface area contributed by atoms with Crippen LogP contribution < -0.4 is 5.32 Å². The Kier molecular flexibility index (Phi) is 8.87. The maximum Gasteiger partial charge on any atom is 0.220 e. The molecule has 0 saturated carbocycles. The Hall–Kier alpha value is -0.860. The average Bonchev–Trinajstić information content (AvgIpc) is 2.14. The van der Waals surface area contributed by atoms with E-state index in [1.807, 2.05) is 13.8 Å². The van der Waals surface area contributed by atoms with Gasteiger partial charge in [-0.15, -0.1) is 0 Å². The third-order valence-electron chi connectivity index (χ3n) is 2.37. The van der Waals surface area contributed by atoms with Gasteiger partial charge >= 0.3 is 0 Å². The van der Waals surface area contributed by atoms with Gasteiger partial charge in [-0.2, -0.15) is 0 Å². The molecule has 1 N–H and O–H groups in total. The summed E-state index contributed by atoms with van der Waals surface area (Å²) in [6.45, 7) is 6.49. The number of nitrogens with one attached hydrogen (secondary N) is 1. The molecule has 0 heterocycles. The Balaban J connectivity index is 3.20. The molecule has 0 aromatic heterocycles. The molecular formula is C13H25NO2. The summed E-state index contributed by atoms with van der Waals surface area (Å²) < 4.78 is 0. The summed E-state index contributed by atoms with van der Waals surface area (Å²) in [5, 5.41) is 2.91. The highest BCUT2D eigenvalue weighted by Crippen LogP contribution is 2.03. The molecule has 0 aromatic rings. The number of unbranched alkanes of at least 4 members (excludes halogenated alkanes) is 3. The van der Waals surface area contributed by atoms with Gasteiger partial charge in [0.05, 0.1) is 0 Å². The van der Waals surface area contributed by atoms with Crippen molar-refractivity contribution in [1.29, 1.82) is 0 Å². The average molecular weight is 227 g/mol. The molecule has 3 heteroatoms. The van der Waals surface area contributed by atoms with E-state index in [1.165, 1.54) is 0 Å². The monoisotopic (exact) mass is 227 g/mol. The maximum atomic E-state index is 11.3. The Bertz CT molecular complexity index is 212. The molecule has 0 rings (SSSR count). The van der Waals surface area contributed by atoms with Gasteiger partial charge in [0, 0.05) is 19.4 Å². The van der Waals surface area contributed by atoms with Gasteiger partial charge in [-0.05, 0) is 25.7 Å². The molecule has 0 fully saturated rings. The standard InChI is InChI=1S/C13H25NO2/c1-11(2)10-13(16)14-9-7-5-4-6-8-12(3)15/h11H,4-10H2,1-3H3,(H,14,16). The minimum Gasteiger partial charge on any atom is -0.356 e. The number of rotatable bonds is 9. The van der Waals surface area contributed by atoms with Crippen LogP contribution in [0.2, 0.25) is 0 Å². The van der Waals surface area contributed by atoms with Crippen LogP contribution in [0.25, 0.3) is 0 Å². The normalized spacial score (nSPS) is 10.5. The molecule has 94 valence electrons. The van der Waals surface area contributed by atoms with E-state index in [1.54, 1.807) is 6.92 Å². The van der Waals surface area contributed by atoms with Crippen molar-refractivity contribution in [2.45, 2.75) is 59.3 Å². The molecule has 0 unspecified atom stereocenters. The largest absolute Gasteiger partial charge is 0.356 e. The first-order chi connectivity index (χ1) is 7.52. The summed E-state index contributed by atoms with van der Waals surface area (Å²) in [5.41, 5.74) is 0. The molecule has 3 nitrogen and oxygen atoms in total. The zero-order chi connectivity index (χ0) is 12.4. The fourth-order valence-electron chi connectivity index (χ4n) is 1.52. The topological polar surface area (TPSA) is 46.2 Å². The third kappa shape index (κ3) is 11.2. The van der Waals surface area contributed by atoms with Gasteiger partial charge < -0.3 is 10.1 Å². The molecule has 0 atom stereocenters. The van der Waals surface area contributed by atoms with E-state index in [4.69, 9.17) is 0 Å². The zero-order valence-electron chi connectivity index (χ0n) is 10.8. The minimum absolute atomic E-state index is 0.152. The van der Waals surface area contributed by atoms with E-state index in [9.17, 15) is 9.59 Å². The lowest BCUT2D eigenvalue weighted by Crippen LogP contribution is -2.25. The van der Waals surface area contributed by atoms with E-state index >= 15 is 0 Å². The molecule has 0 spiro atoms. The second-order valence-corrected chi connectivity index (χ2v) is 4.81. The maximum absolute atomic E-state index is 11.3. The highest BCUT2D eigenvalue weighted by Gasteiger charge is 2.03. The Morgan fingerprint density at radius 1 is 1.06 bits per heavy atom. The van der Waals surface area contributed by atoms with Crippen LogP contribution >= 0.6 is 0 Å². The van der Waals surface area contributed by atoms with Gasteiger partial charge in [-0.1, -0.05) is 26.7 Å². The van der Waals surface area contributed by atoms with Crippen molar-refractivity contribution in [2.24, 2.45) is 5.92 Å². The molecule has 0 aliphatic rings. The number of Topliss-reactive ketones (excluding diaryl/α,β-unsaturated/α-hetero) is 1. The molecule has 0 radical (unpaired) electrons. The van der Waals surface area contributed by atoms with E-state index in [2.05, 4.69) is 5.32 Å². The summed E-state index contributed by atoms with van der Waals surface area (Å²) in [6, 6.07) is 0. The van der Waals surface area contributed by atoms with Crippen molar-refractivity contribution < 1.29 is 9.59 Å². The second kappa shape index (κ2) is 9.37. The molecule has 1 amide bonds. The number of ketones is 1. The van der Waals surface area contributed by atoms with Crippen LogP contribution in [0.1, 0.15) is 59.3 Å². The molecule has 0 saturated heterocycles. The van der Waals surface area contributed by atoms with Crippen LogP contribution in [0.5, 0.6) is 0 Å². The molecule has 0 aromatic carbocycles. The van der Waals surface area contributed by atoms with Gasteiger partial charge in [0.15, 0.2) is 0 Å². The first kappa shape index (κ1) is 15.1. The predicted molar refractivity (Wildman–Crippen MR) is 66.2 cm³/mol. The van der Waals surface area contributed by atoms with E-state index in [0.717, 1.165) is 32.2 Å². The summed E-state index contributed by atoms with van der Waals surface area (Å²) in [7, 11) is 0. The van der Waals surface area contributed by atoms with E-state index in [0.29, 0.717) is 18.8 Å². The van der Waals surface area contributed by atoms with Crippen molar-refractivity contribution >= 4 is 11.7 Å². The van der Waals surface area contributed by atoms with Crippen molar-refractivity contribution in [3.05, 3.63) is 0 Å². The lowest BCUT2D eigenvalue weighted by Gasteiger charge is -2.06. The molecule has 0 bridgehead atoms. The molecule has 0 aliphatic heterocycles. The van der Waals surface area contributed by atoms with Crippen molar-refractivity contribution in [3.8, 4) is 0 Å². The zero-order valence-corrected chi connectivity index (χ0v) is 10.8. The fourth-order valence-corrected chi connectivity index (χ4v) is 1.52. The lowest BCUT2D eigenvalue weighted by molar-refractivity contribution is -0.121. The van der Waals surface area contributed by atoms with E-state index < -0.39 is 0 Å². The number of amides is 1. The van der Waals surface area contributed by atoms with Crippen LogP contribution in [0.15, 0.2) is 0 Å². The van der Waals surface area contributed by atoms with Crippen molar-refractivity contribution in [1.82, 2.24) is 5.32 Å². The minimum atomic E-state index is 0.152. The van der Waals surface area contributed by atoms with Gasteiger partial charge in [0.1, 0.15) is 5.78 Å². The third-order valence-corrected chi connectivity index (χ3v) is 2.37. The van der Waals surface area contributed by atoms with Crippen LogP contribution in [-0.4, -0.2) is 18.2 Å². The first-order valence-corrected chi connectivity index (χ1v) is 6.28. The predicted octanol–water partition coefficient (Wildman–Crippen LogP) is 2.69. The Labute approximate surface area is 99.0 Å². The molecule has 16 heavy (non-hydrogen) atoms. The summed E-state index contributed by atoms with van der Waals surface area (Å²) >= 11 is 0. The van der Waals surface area contributed by atoms with Gasteiger partial charge in [-0.3, -0.25) is 4.79 Å². The summed E-state index contributed by atoms with van der Waals surface area (Å²) in [6.07, 6.45) is 5.48. The number of carbonyl (C=O) groups excluding carboxylic acids is 2. The van der Waals surface area contributed by atoms with Gasteiger partial charge in [-0.25, -0.2) is 0 Å². The SMILES string of the molecule is CC(=O)CCCCCCNC(=O)CC(C)C. The number of hydrogen-bond donors (Lipinski definition) is 1. The van der Waals surface area contributed by atoms with Crippen molar-refractivity contribution in [2.75, 3.05) is 6.54 Å². The van der Waals surface area contributed by atoms with Gasteiger partial charge in [0.2, 0.25) is 5.91 Å². The highest BCUT2D eigenvalue weighted by molar-refractivity contribution is 5.76. The van der Waals surface area contributed by atoms with Gasteiger partial charge in [0.25, 0.3) is 0 Å². The Morgan fingerprint density at radius 2 is 1.69 bits per heavy atom.